The summed E-state index contributed by atoms with van der Waals surface area (Å²) in [5.74, 6) is 0.388. The summed E-state index contributed by atoms with van der Waals surface area (Å²) in [7, 11) is 0. The van der Waals surface area contributed by atoms with Gasteiger partial charge in [0.1, 0.15) is 0 Å². The average Bonchev–Trinajstić information content (AvgIpc) is 2.41. The first kappa shape index (κ1) is 14.5. The van der Waals surface area contributed by atoms with Gasteiger partial charge >= 0.3 is 0 Å². The molecule has 1 aliphatic heterocycles. The SMILES string of the molecule is Cc1c(Br)cccc1C(=O)N1CCCC(C)C1CO. The molecule has 1 amide bonds. The maximum atomic E-state index is 12.7. The van der Waals surface area contributed by atoms with E-state index in [4.69, 9.17) is 0 Å². The highest BCUT2D eigenvalue weighted by Gasteiger charge is 2.32. The second-order valence-electron chi connectivity index (χ2n) is 5.28. The molecule has 1 aromatic rings. The van der Waals surface area contributed by atoms with Crippen molar-refractivity contribution in [1.29, 1.82) is 0 Å². The molecule has 0 aromatic heterocycles. The number of aliphatic hydroxyl groups is 1. The summed E-state index contributed by atoms with van der Waals surface area (Å²) in [6.07, 6.45) is 2.09. The third-order valence-electron chi connectivity index (χ3n) is 4.06. The zero-order valence-corrected chi connectivity index (χ0v) is 13.0. The monoisotopic (exact) mass is 325 g/mol. The number of carbonyl (C=O) groups excluding carboxylic acids is 1. The van der Waals surface area contributed by atoms with Gasteiger partial charge in [0.15, 0.2) is 0 Å². The first-order valence-corrected chi connectivity index (χ1v) is 7.52. The summed E-state index contributed by atoms with van der Waals surface area (Å²) in [6, 6.07) is 5.62. The van der Waals surface area contributed by atoms with Crippen molar-refractivity contribution in [3.05, 3.63) is 33.8 Å². The Labute approximate surface area is 122 Å². The van der Waals surface area contributed by atoms with Crippen molar-refractivity contribution >= 4 is 21.8 Å². The number of benzene rings is 1. The maximum Gasteiger partial charge on any atom is 0.254 e. The van der Waals surface area contributed by atoms with Crippen LogP contribution in [0.2, 0.25) is 0 Å². The Hall–Kier alpha value is -0.870. The van der Waals surface area contributed by atoms with E-state index in [2.05, 4.69) is 22.9 Å². The third kappa shape index (κ3) is 2.84. The molecule has 1 saturated heterocycles. The van der Waals surface area contributed by atoms with Gasteiger partial charge in [-0.25, -0.2) is 0 Å². The van der Waals surface area contributed by atoms with Crippen LogP contribution in [-0.2, 0) is 0 Å². The van der Waals surface area contributed by atoms with Gasteiger partial charge in [0.25, 0.3) is 5.91 Å². The van der Waals surface area contributed by atoms with Crippen LogP contribution in [0.25, 0.3) is 0 Å². The van der Waals surface area contributed by atoms with E-state index in [1.807, 2.05) is 30.0 Å². The number of amides is 1. The molecule has 19 heavy (non-hydrogen) atoms. The lowest BCUT2D eigenvalue weighted by Crippen LogP contribution is -2.49. The molecule has 0 bridgehead atoms. The quantitative estimate of drug-likeness (QED) is 0.908. The van der Waals surface area contributed by atoms with Gasteiger partial charge in [0, 0.05) is 16.6 Å². The Morgan fingerprint density at radius 2 is 2.26 bits per heavy atom. The van der Waals surface area contributed by atoms with Crippen LogP contribution in [0.4, 0.5) is 0 Å². The van der Waals surface area contributed by atoms with Crippen LogP contribution in [0.1, 0.15) is 35.7 Å². The highest BCUT2D eigenvalue weighted by Crippen LogP contribution is 2.27. The van der Waals surface area contributed by atoms with E-state index in [1.54, 1.807) is 0 Å². The van der Waals surface area contributed by atoms with E-state index in [0.29, 0.717) is 5.92 Å². The summed E-state index contributed by atoms with van der Waals surface area (Å²) >= 11 is 3.46. The van der Waals surface area contributed by atoms with E-state index in [-0.39, 0.29) is 18.6 Å². The molecule has 1 fully saturated rings. The number of aliphatic hydroxyl groups excluding tert-OH is 1. The van der Waals surface area contributed by atoms with Crippen LogP contribution in [0.15, 0.2) is 22.7 Å². The van der Waals surface area contributed by atoms with Crippen molar-refractivity contribution in [1.82, 2.24) is 4.90 Å². The molecule has 1 N–H and O–H groups in total. The van der Waals surface area contributed by atoms with Crippen LogP contribution in [0.3, 0.4) is 0 Å². The molecule has 0 spiro atoms. The number of hydrogen-bond donors (Lipinski definition) is 1. The second kappa shape index (κ2) is 6.06. The smallest absolute Gasteiger partial charge is 0.254 e. The zero-order valence-electron chi connectivity index (χ0n) is 11.4. The normalized spacial score (nSPS) is 23.5. The average molecular weight is 326 g/mol. The third-order valence-corrected chi connectivity index (χ3v) is 4.92. The number of nitrogens with zero attached hydrogens (tertiary/aromatic N) is 1. The number of piperidine rings is 1. The Balaban J connectivity index is 2.29. The standard InChI is InChI=1S/C15H20BrNO2/c1-10-5-4-8-17(14(10)9-18)15(19)12-6-3-7-13(16)11(12)2/h3,6-7,10,14,18H,4-5,8-9H2,1-2H3. The maximum absolute atomic E-state index is 12.7. The molecule has 104 valence electrons. The molecule has 3 nitrogen and oxygen atoms in total. The number of halogens is 1. The van der Waals surface area contributed by atoms with Crippen molar-refractivity contribution < 1.29 is 9.90 Å². The minimum absolute atomic E-state index is 0.0319. The van der Waals surface area contributed by atoms with Crippen molar-refractivity contribution in [3.63, 3.8) is 0 Å². The lowest BCUT2D eigenvalue weighted by molar-refractivity contribution is 0.0357. The minimum atomic E-state index is -0.0559. The van der Waals surface area contributed by atoms with Gasteiger partial charge in [-0.2, -0.15) is 0 Å². The van der Waals surface area contributed by atoms with Gasteiger partial charge in [-0.05, 0) is 43.4 Å². The topological polar surface area (TPSA) is 40.5 Å². The molecular formula is C15H20BrNO2. The molecule has 0 aliphatic carbocycles. The van der Waals surface area contributed by atoms with Crippen LogP contribution in [-0.4, -0.2) is 35.1 Å². The van der Waals surface area contributed by atoms with Crippen molar-refractivity contribution in [2.75, 3.05) is 13.2 Å². The summed E-state index contributed by atoms with van der Waals surface area (Å²) in [6.45, 7) is 4.83. The molecule has 1 heterocycles. The van der Waals surface area contributed by atoms with E-state index < -0.39 is 0 Å². The molecule has 4 heteroatoms. The molecule has 2 unspecified atom stereocenters. The fourth-order valence-corrected chi connectivity index (χ4v) is 3.14. The molecular weight excluding hydrogens is 306 g/mol. The predicted octanol–water partition coefficient (Wildman–Crippen LogP) is 2.99. The first-order chi connectivity index (χ1) is 9.06. The number of hydrogen-bond acceptors (Lipinski definition) is 2. The van der Waals surface area contributed by atoms with E-state index in [0.717, 1.165) is 35.0 Å². The van der Waals surface area contributed by atoms with Crippen LogP contribution in [0, 0.1) is 12.8 Å². The Bertz CT molecular complexity index is 475. The predicted molar refractivity (Wildman–Crippen MR) is 79.2 cm³/mol. The van der Waals surface area contributed by atoms with Gasteiger partial charge in [-0.1, -0.05) is 28.9 Å². The van der Waals surface area contributed by atoms with E-state index in [9.17, 15) is 9.90 Å². The van der Waals surface area contributed by atoms with Crippen LogP contribution < -0.4 is 0 Å². The fourth-order valence-electron chi connectivity index (χ4n) is 2.77. The number of likely N-dealkylation sites (tertiary alicyclic amines) is 1. The second-order valence-corrected chi connectivity index (χ2v) is 6.13. The molecule has 0 saturated carbocycles. The van der Waals surface area contributed by atoms with Gasteiger partial charge in [0.05, 0.1) is 12.6 Å². The molecule has 2 rings (SSSR count). The van der Waals surface area contributed by atoms with Crippen molar-refractivity contribution in [3.8, 4) is 0 Å². The summed E-state index contributed by atoms with van der Waals surface area (Å²) in [5.41, 5.74) is 1.68. The van der Waals surface area contributed by atoms with Gasteiger partial charge in [-0.15, -0.1) is 0 Å². The highest BCUT2D eigenvalue weighted by atomic mass is 79.9. The zero-order chi connectivity index (χ0) is 14.0. The Morgan fingerprint density at radius 1 is 1.53 bits per heavy atom. The van der Waals surface area contributed by atoms with E-state index >= 15 is 0 Å². The van der Waals surface area contributed by atoms with Crippen LogP contribution >= 0.6 is 15.9 Å². The largest absolute Gasteiger partial charge is 0.394 e. The summed E-state index contributed by atoms with van der Waals surface area (Å²) in [5, 5.41) is 9.55. The summed E-state index contributed by atoms with van der Waals surface area (Å²) in [4.78, 5) is 14.5. The molecule has 0 radical (unpaired) electrons. The van der Waals surface area contributed by atoms with Gasteiger partial charge < -0.3 is 10.0 Å². The molecule has 2 atom stereocenters. The first-order valence-electron chi connectivity index (χ1n) is 6.73. The van der Waals surface area contributed by atoms with Crippen molar-refractivity contribution in [2.45, 2.75) is 32.7 Å². The Kier molecular flexibility index (Phi) is 4.63. The fraction of sp³-hybridized carbons (Fsp3) is 0.533. The number of rotatable bonds is 2. The lowest BCUT2D eigenvalue weighted by Gasteiger charge is -2.39. The van der Waals surface area contributed by atoms with Gasteiger partial charge in [0.2, 0.25) is 0 Å². The number of carbonyl (C=O) groups is 1. The summed E-state index contributed by atoms with van der Waals surface area (Å²) < 4.78 is 0.948. The van der Waals surface area contributed by atoms with Crippen molar-refractivity contribution in [2.24, 2.45) is 5.92 Å². The van der Waals surface area contributed by atoms with E-state index in [1.165, 1.54) is 0 Å². The lowest BCUT2D eigenvalue weighted by atomic mass is 9.90. The Morgan fingerprint density at radius 3 is 2.95 bits per heavy atom. The molecule has 1 aliphatic rings. The highest BCUT2D eigenvalue weighted by molar-refractivity contribution is 9.10. The molecule has 1 aromatic carbocycles. The van der Waals surface area contributed by atoms with Gasteiger partial charge in [-0.3, -0.25) is 4.79 Å². The van der Waals surface area contributed by atoms with Crippen LogP contribution in [0.5, 0.6) is 0 Å². The minimum Gasteiger partial charge on any atom is -0.394 e.